The fraction of sp³-hybridized carbons (Fsp3) is 0.500. The molecule has 0 radical (unpaired) electrons. The maximum absolute atomic E-state index is 10.9. The first-order chi connectivity index (χ1) is 11.6. The highest BCUT2D eigenvalue weighted by molar-refractivity contribution is 5.74. The molecule has 0 aliphatic heterocycles. The van der Waals surface area contributed by atoms with E-state index in [-0.39, 0.29) is 22.0 Å². The highest BCUT2D eigenvalue weighted by atomic mass is 16.3. The third-order valence-electron chi connectivity index (χ3n) is 4.90. The van der Waals surface area contributed by atoms with Crippen molar-refractivity contribution >= 4 is 0 Å². The van der Waals surface area contributed by atoms with E-state index >= 15 is 0 Å². The van der Waals surface area contributed by atoms with E-state index in [0.717, 1.165) is 22.3 Å². The quantitative estimate of drug-likeness (QED) is 0.601. The molecule has 2 aromatic rings. The summed E-state index contributed by atoms with van der Waals surface area (Å²) < 4.78 is 0. The maximum Gasteiger partial charge on any atom is 0.123 e. The molecule has 0 unspecified atom stereocenters. The maximum atomic E-state index is 10.9. The molecule has 0 atom stereocenters. The minimum absolute atomic E-state index is 0.000909. The molecule has 26 heavy (non-hydrogen) atoms. The monoisotopic (exact) mass is 354 g/mol. The van der Waals surface area contributed by atoms with Gasteiger partial charge in [-0.2, -0.15) is 0 Å². The van der Waals surface area contributed by atoms with Crippen molar-refractivity contribution in [1.82, 2.24) is 0 Å². The summed E-state index contributed by atoms with van der Waals surface area (Å²) in [4.78, 5) is 0. The van der Waals surface area contributed by atoms with E-state index in [0.29, 0.717) is 5.75 Å². The molecule has 0 saturated heterocycles. The van der Waals surface area contributed by atoms with Crippen LogP contribution >= 0.6 is 0 Å². The van der Waals surface area contributed by atoms with Gasteiger partial charge in [0.15, 0.2) is 0 Å². The average Bonchev–Trinajstić information content (AvgIpc) is 2.44. The molecule has 2 aromatic carbocycles. The van der Waals surface area contributed by atoms with E-state index in [1.165, 1.54) is 5.56 Å². The Morgan fingerprint density at radius 3 is 1.46 bits per heavy atom. The second kappa shape index (κ2) is 6.33. The van der Waals surface area contributed by atoms with Gasteiger partial charge >= 0.3 is 0 Å². The smallest absolute Gasteiger partial charge is 0.123 e. The van der Waals surface area contributed by atoms with Crippen LogP contribution in [-0.2, 0) is 16.2 Å². The number of phenolic OH excluding ortho intramolecular Hbond substituents is 2. The normalized spacial score (nSPS) is 13.1. The van der Waals surface area contributed by atoms with Gasteiger partial charge in [0.1, 0.15) is 11.5 Å². The topological polar surface area (TPSA) is 40.5 Å². The van der Waals surface area contributed by atoms with Crippen LogP contribution in [0.5, 0.6) is 11.5 Å². The molecule has 2 heteroatoms. The molecule has 0 fully saturated rings. The molecule has 0 aliphatic rings. The van der Waals surface area contributed by atoms with E-state index in [1.807, 2.05) is 18.2 Å². The molecule has 2 nitrogen and oxygen atoms in total. The molecule has 0 aromatic heterocycles. The molecule has 0 saturated carbocycles. The Bertz CT molecular complexity index is 775. The van der Waals surface area contributed by atoms with Crippen LogP contribution in [0.2, 0.25) is 0 Å². The van der Waals surface area contributed by atoms with Crippen molar-refractivity contribution in [2.45, 2.75) is 78.6 Å². The van der Waals surface area contributed by atoms with E-state index in [2.05, 4.69) is 68.4 Å². The highest BCUT2D eigenvalue weighted by Gasteiger charge is 2.27. The van der Waals surface area contributed by atoms with Crippen LogP contribution in [0, 0.1) is 0 Å². The van der Waals surface area contributed by atoms with Gasteiger partial charge in [0.05, 0.1) is 0 Å². The van der Waals surface area contributed by atoms with Crippen molar-refractivity contribution in [2.75, 3.05) is 0 Å². The zero-order valence-electron chi connectivity index (χ0n) is 17.8. The van der Waals surface area contributed by atoms with E-state index < -0.39 is 0 Å². The Kier molecular flexibility index (Phi) is 4.96. The molecule has 2 N–H and O–H groups in total. The van der Waals surface area contributed by atoms with Gasteiger partial charge in [-0.05, 0) is 51.6 Å². The predicted molar refractivity (Wildman–Crippen MR) is 111 cm³/mol. The summed E-state index contributed by atoms with van der Waals surface area (Å²) in [5.74, 6) is 0.628. The van der Waals surface area contributed by atoms with Crippen molar-refractivity contribution in [3.05, 3.63) is 47.0 Å². The lowest BCUT2D eigenvalue weighted by atomic mass is 9.77. The largest absolute Gasteiger partial charge is 0.507 e. The minimum atomic E-state index is -0.197. The van der Waals surface area contributed by atoms with Crippen molar-refractivity contribution in [3.8, 4) is 22.6 Å². The predicted octanol–water partition coefficient (Wildman–Crippen LogP) is 6.66. The van der Waals surface area contributed by atoms with Gasteiger partial charge in [-0.1, -0.05) is 68.4 Å². The molecule has 0 heterocycles. The van der Waals surface area contributed by atoms with Crippen molar-refractivity contribution < 1.29 is 10.2 Å². The first-order valence-electron chi connectivity index (χ1n) is 9.34. The third-order valence-corrected chi connectivity index (χ3v) is 4.90. The van der Waals surface area contributed by atoms with Gasteiger partial charge in [0.2, 0.25) is 0 Å². The molecule has 0 spiro atoms. The standard InChI is InChI=1S/C24H34O2/c1-22(2,3)16-10-11-20(25)17(14-16)15-12-18(23(4,5)6)21(26)19(13-15)24(7,8)9/h10-14,25-26H,1-9H3. The van der Waals surface area contributed by atoms with E-state index in [9.17, 15) is 10.2 Å². The van der Waals surface area contributed by atoms with Crippen molar-refractivity contribution in [3.63, 3.8) is 0 Å². The third kappa shape index (κ3) is 4.06. The van der Waals surface area contributed by atoms with Crippen LogP contribution in [0.1, 0.15) is 79.0 Å². The lowest BCUT2D eigenvalue weighted by molar-refractivity contribution is 0.423. The summed E-state index contributed by atoms with van der Waals surface area (Å²) in [5, 5.41) is 21.5. The summed E-state index contributed by atoms with van der Waals surface area (Å²) in [6.07, 6.45) is 0. The number of hydrogen-bond donors (Lipinski definition) is 2. The lowest BCUT2D eigenvalue weighted by Crippen LogP contribution is -2.17. The van der Waals surface area contributed by atoms with Gasteiger partial charge in [0, 0.05) is 16.7 Å². The fourth-order valence-corrected chi connectivity index (χ4v) is 3.17. The highest BCUT2D eigenvalue weighted by Crippen LogP contribution is 2.44. The number of rotatable bonds is 1. The zero-order valence-corrected chi connectivity index (χ0v) is 17.8. The van der Waals surface area contributed by atoms with Crippen LogP contribution in [0.25, 0.3) is 11.1 Å². The van der Waals surface area contributed by atoms with Crippen LogP contribution in [0.15, 0.2) is 30.3 Å². The summed E-state index contributed by atoms with van der Waals surface area (Å²) in [6.45, 7) is 19.1. The summed E-state index contributed by atoms with van der Waals surface area (Å²) in [7, 11) is 0. The van der Waals surface area contributed by atoms with Crippen molar-refractivity contribution in [2.24, 2.45) is 0 Å². The van der Waals surface area contributed by atoms with Crippen LogP contribution in [0.3, 0.4) is 0 Å². The number of phenols is 2. The van der Waals surface area contributed by atoms with Gasteiger partial charge in [-0.25, -0.2) is 0 Å². The Morgan fingerprint density at radius 1 is 0.615 bits per heavy atom. The van der Waals surface area contributed by atoms with Crippen molar-refractivity contribution in [1.29, 1.82) is 0 Å². The van der Waals surface area contributed by atoms with E-state index in [1.54, 1.807) is 6.07 Å². The summed E-state index contributed by atoms with van der Waals surface area (Å²) in [5.41, 5.74) is 4.34. The average molecular weight is 355 g/mol. The molecular weight excluding hydrogens is 320 g/mol. The molecule has 0 bridgehead atoms. The van der Waals surface area contributed by atoms with Crippen LogP contribution < -0.4 is 0 Å². The summed E-state index contributed by atoms with van der Waals surface area (Å²) >= 11 is 0. The molecule has 0 amide bonds. The van der Waals surface area contributed by atoms with Gasteiger partial charge in [-0.3, -0.25) is 0 Å². The molecule has 0 aliphatic carbocycles. The molecule has 142 valence electrons. The fourth-order valence-electron chi connectivity index (χ4n) is 3.17. The Labute approximate surface area is 158 Å². The summed E-state index contributed by atoms with van der Waals surface area (Å²) in [6, 6.07) is 9.86. The number of hydrogen-bond acceptors (Lipinski definition) is 2. The number of benzene rings is 2. The second-order valence-corrected chi connectivity index (χ2v) is 10.4. The minimum Gasteiger partial charge on any atom is -0.507 e. The molecular formula is C24H34O2. The van der Waals surface area contributed by atoms with Crippen LogP contribution in [-0.4, -0.2) is 10.2 Å². The second-order valence-electron chi connectivity index (χ2n) is 10.4. The van der Waals surface area contributed by atoms with E-state index in [4.69, 9.17) is 0 Å². The Morgan fingerprint density at radius 2 is 1.08 bits per heavy atom. The van der Waals surface area contributed by atoms with Gasteiger partial charge in [-0.15, -0.1) is 0 Å². The SMILES string of the molecule is CC(C)(C)c1ccc(O)c(-c2cc(C(C)(C)C)c(O)c(C(C)(C)C)c2)c1. The molecule has 2 rings (SSSR count). The lowest BCUT2D eigenvalue weighted by Gasteiger charge is -2.28. The van der Waals surface area contributed by atoms with Gasteiger partial charge in [0.25, 0.3) is 0 Å². The Balaban J connectivity index is 2.83. The van der Waals surface area contributed by atoms with Crippen LogP contribution in [0.4, 0.5) is 0 Å². The first kappa shape index (κ1) is 20.4. The zero-order chi connectivity index (χ0) is 20.1. The first-order valence-corrected chi connectivity index (χ1v) is 9.34. The number of aromatic hydroxyl groups is 2. The van der Waals surface area contributed by atoms with Gasteiger partial charge < -0.3 is 10.2 Å². The Hall–Kier alpha value is -1.96.